The van der Waals surface area contributed by atoms with Crippen molar-refractivity contribution in [2.45, 2.75) is 31.8 Å². The summed E-state index contributed by atoms with van der Waals surface area (Å²) in [6.45, 7) is 1.34. The van der Waals surface area contributed by atoms with Crippen LogP contribution in [0.15, 0.2) is 72.8 Å². The highest BCUT2D eigenvalue weighted by Crippen LogP contribution is 2.31. The first-order chi connectivity index (χ1) is 17.6. The predicted octanol–water partition coefficient (Wildman–Crippen LogP) is 3.79. The minimum atomic E-state index is -0.656. The minimum absolute atomic E-state index is 0.0998. The average molecular weight is 489 g/mol. The Morgan fingerprint density at radius 1 is 0.917 bits per heavy atom. The molecule has 188 valence electrons. The molecule has 0 fully saturated rings. The van der Waals surface area contributed by atoms with Gasteiger partial charge in [0, 0.05) is 26.4 Å². The predicted molar refractivity (Wildman–Crippen MR) is 137 cm³/mol. The number of rotatable bonds is 10. The maximum atomic E-state index is 13.7. The maximum Gasteiger partial charge on any atom is 0.242 e. The van der Waals surface area contributed by atoms with Gasteiger partial charge in [-0.05, 0) is 47.4 Å². The van der Waals surface area contributed by atoms with Gasteiger partial charge in [0.05, 0.1) is 7.11 Å². The Morgan fingerprint density at radius 3 is 2.42 bits per heavy atom. The first-order valence-corrected chi connectivity index (χ1v) is 12.1. The van der Waals surface area contributed by atoms with Crippen LogP contribution in [-0.4, -0.2) is 50.1 Å². The summed E-state index contributed by atoms with van der Waals surface area (Å²) >= 11 is 0. The van der Waals surface area contributed by atoms with E-state index in [1.54, 1.807) is 19.1 Å². The van der Waals surface area contributed by atoms with Crippen LogP contribution < -0.4 is 19.5 Å². The lowest BCUT2D eigenvalue weighted by atomic mass is 10.0. The van der Waals surface area contributed by atoms with Crippen molar-refractivity contribution in [3.63, 3.8) is 0 Å². The van der Waals surface area contributed by atoms with Crippen molar-refractivity contribution >= 4 is 11.8 Å². The largest absolute Gasteiger partial charge is 0.497 e. The number of nitrogens with one attached hydrogen (secondary N) is 1. The standard InChI is InChI=1S/C29H32N2O5/c1-30-29(33)25(18-21-7-4-3-5-8-21)31(20-23-9-6-10-24(17-23)34-2)28(32)14-12-22-11-13-26-27(19-22)36-16-15-35-26/h3-11,13,17,19,25H,12,14-16,18,20H2,1-2H3,(H,30,33). The van der Waals surface area contributed by atoms with Gasteiger partial charge < -0.3 is 24.4 Å². The second-order valence-corrected chi connectivity index (χ2v) is 8.67. The van der Waals surface area contributed by atoms with Crippen LogP contribution in [0.5, 0.6) is 17.2 Å². The van der Waals surface area contributed by atoms with Gasteiger partial charge in [-0.25, -0.2) is 0 Å². The quantitative estimate of drug-likeness (QED) is 0.470. The number of carbonyl (C=O) groups excluding carboxylic acids is 2. The van der Waals surface area contributed by atoms with Crippen molar-refractivity contribution < 1.29 is 23.8 Å². The number of likely N-dealkylation sites (N-methyl/N-ethyl adjacent to an activating group) is 1. The number of hydrogen-bond acceptors (Lipinski definition) is 5. The van der Waals surface area contributed by atoms with E-state index in [-0.39, 0.29) is 18.2 Å². The Morgan fingerprint density at radius 2 is 1.67 bits per heavy atom. The fourth-order valence-electron chi connectivity index (χ4n) is 4.33. The number of aryl methyl sites for hydroxylation is 1. The average Bonchev–Trinajstić information content (AvgIpc) is 2.93. The van der Waals surface area contributed by atoms with Crippen molar-refractivity contribution in [1.82, 2.24) is 10.2 Å². The molecule has 0 spiro atoms. The summed E-state index contributed by atoms with van der Waals surface area (Å²) in [4.78, 5) is 28.4. The number of ether oxygens (including phenoxy) is 3. The van der Waals surface area contributed by atoms with Crippen LogP contribution in [0.25, 0.3) is 0 Å². The Kier molecular flexibility index (Phi) is 8.44. The molecule has 1 aliphatic rings. The molecule has 1 atom stereocenters. The van der Waals surface area contributed by atoms with Gasteiger partial charge in [0.2, 0.25) is 11.8 Å². The molecule has 1 N–H and O–H groups in total. The van der Waals surface area contributed by atoms with Crippen molar-refractivity contribution in [2.75, 3.05) is 27.4 Å². The molecule has 0 saturated heterocycles. The molecule has 0 saturated carbocycles. The van der Waals surface area contributed by atoms with Gasteiger partial charge in [-0.2, -0.15) is 0 Å². The van der Waals surface area contributed by atoms with E-state index in [1.807, 2.05) is 72.8 Å². The molecule has 1 heterocycles. The van der Waals surface area contributed by atoms with Gasteiger partial charge in [-0.15, -0.1) is 0 Å². The lowest BCUT2D eigenvalue weighted by molar-refractivity contribution is -0.141. The van der Waals surface area contributed by atoms with Gasteiger partial charge in [0.15, 0.2) is 11.5 Å². The number of benzene rings is 3. The molecule has 2 amide bonds. The molecule has 0 bridgehead atoms. The van der Waals surface area contributed by atoms with Gasteiger partial charge >= 0.3 is 0 Å². The monoisotopic (exact) mass is 488 g/mol. The Balaban J connectivity index is 1.57. The lowest BCUT2D eigenvalue weighted by Crippen LogP contribution is -2.49. The molecule has 3 aromatic carbocycles. The zero-order valence-electron chi connectivity index (χ0n) is 20.7. The zero-order chi connectivity index (χ0) is 25.3. The number of amides is 2. The molecule has 0 aliphatic carbocycles. The van der Waals surface area contributed by atoms with Crippen molar-refractivity contribution in [3.05, 3.63) is 89.5 Å². The van der Waals surface area contributed by atoms with Crippen LogP contribution in [0.3, 0.4) is 0 Å². The SMILES string of the molecule is CNC(=O)C(Cc1ccccc1)N(Cc1cccc(OC)c1)C(=O)CCc1ccc2c(c1)OCCO2. The zero-order valence-corrected chi connectivity index (χ0v) is 20.7. The van der Waals surface area contributed by atoms with E-state index < -0.39 is 6.04 Å². The number of carbonyl (C=O) groups is 2. The van der Waals surface area contributed by atoms with E-state index in [9.17, 15) is 9.59 Å². The summed E-state index contributed by atoms with van der Waals surface area (Å²) in [5, 5.41) is 2.75. The van der Waals surface area contributed by atoms with Crippen molar-refractivity contribution in [1.29, 1.82) is 0 Å². The van der Waals surface area contributed by atoms with Gasteiger partial charge in [0.25, 0.3) is 0 Å². The second kappa shape index (κ2) is 12.1. The van der Waals surface area contributed by atoms with E-state index in [1.165, 1.54) is 0 Å². The Hall–Kier alpha value is -4.00. The highest BCUT2D eigenvalue weighted by Gasteiger charge is 2.29. The fourth-order valence-corrected chi connectivity index (χ4v) is 4.33. The van der Waals surface area contributed by atoms with Crippen LogP contribution in [-0.2, 0) is 29.0 Å². The summed E-state index contributed by atoms with van der Waals surface area (Å²) in [6, 6.07) is 22.4. The van der Waals surface area contributed by atoms with Crippen LogP contribution in [0.4, 0.5) is 0 Å². The van der Waals surface area contributed by atoms with Gasteiger partial charge in [0.1, 0.15) is 25.0 Å². The molecule has 36 heavy (non-hydrogen) atoms. The molecule has 0 radical (unpaired) electrons. The highest BCUT2D eigenvalue weighted by atomic mass is 16.6. The summed E-state index contributed by atoms with van der Waals surface area (Å²) in [5.74, 6) is 1.83. The second-order valence-electron chi connectivity index (χ2n) is 8.67. The number of fused-ring (bicyclic) bond motifs is 1. The number of hydrogen-bond donors (Lipinski definition) is 1. The van der Waals surface area contributed by atoms with Crippen molar-refractivity contribution in [3.8, 4) is 17.2 Å². The molecule has 0 aromatic heterocycles. The topological polar surface area (TPSA) is 77.1 Å². The van der Waals surface area contributed by atoms with E-state index in [4.69, 9.17) is 14.2 Å². The first kappa shape index (κ1) is 25.1. The molecular weight excluding hydrogens is 456 g/mol. The molecule has 1 aliphatic heterocycles. The van der Waals surface area contributed by atoms with Crippen LogP contribution in [0, 0.1) is 0 Å². The van der Waals surface area contributed by atoms with E-state index in [0.29, 0.717) is 44.1 Å². The molecule has 4 rings (SSSR count). The van der Waals surface area contributed by atoms with E-state index in [2.05, 4.69) is 5.32 Å². The van der Waals surface area contributed by atoms with Crippen LogP contribution >= 0.6 is 0 Å². The molecular formula is C29H32N2O5. The van der Waals surface area contributed by atoms with E-state index in [0.717, 1.165) is 22.4 Å². The summed E-state index contributed by atoms with van der Waals surface area (Å²) in [5.41, 5.74) is 2.86. The van der Waals surface area contributed by atoms with Crippen molar-refractivity contribution in [2.24, 2.45) is 0 Å². The molecule has 1 unspecified atom stereocenters. The molecule has 7 nitrogen and oxygen atoms in total. The third kappa shape index (κ3) is 6.36. The third-order valence-corrected chi connectivity index (χ3v) is 6.24. The smallest absolute Gasteiger partial charge is 0.242 e. The minimum Gasteiger partial charge on any atom is -0.497 e. The summed E-state index contributed by atoms with van der Waals surface area (Å²) in [7, 11) is 3.21. The molecule has 7 heteroatoms. The first-order valence-electron chi connectivity index (χ1n) is 12.1. The normalized spacial score (nSPS) is 12.9. The van der Waals surface area contributed by atoms with E-state index >= 15 is 0 Å². The maximum absolute atomic E-state index is 13.7. The summed E-state index contributed by atoms with van der Waals surface area (Å²) < 4.78 is 16.7. The van der Waals surface area contributed by atoms with Gasteiger partial charge in [-0.3, -0.25) is 9.59 Å². The highest BCUT2D eigenvalue weighted by molar-refractivity contribution is 5.88. The van der Waals surface area contributed by atoms with Gasteiger partial charge in [-0.1, -0.05) is 48.5 Å². The Bertz CT molecular complexity index is 1180. The number of nitrogens with zero attached hydrogens (tertiary/aromatic N) is 1. The lowest BCUT2D eigenvalue weighted by Gasteiger charge is -2.31. The van der Waals surface area contributed by atoms with Crippen LogP contribution in [0.2, 0.25) is 0 Å². The summed E-state index contributed by atoms with van der Waals surface area (Å²) in [6.07, 6.45) is 1.20. The van der Waals surface area contributed by atoms with Crippen LogP contribution in [0.1, 0.15) is 23.1 Å². The fraction of sp³-hybridized carbons (Fsp3) is 0.310. The molecule has 3 aromatic rings. The number of methoxy groups -OCH3 is 1. The third-order valence-electron chi connectivity index (χ3n) is 6.24. The Labute approximate surface area is 212 Å².